The van der Waals surface area contributed by atoms with Crippen molar-refractivity contribution < 1.29 is 0 Å². The molecular formula is C44H38N2P2. The second kappa shape index (κ2) is 11.0. The summed E-state index contributed by atoms with van der Waals surface area (Å²) in [4.78, 5) is 0. The van der Waals surface area contributed by atoms with E-state index in [1.807, 2.05) is 0 Å². The first-order chi connectivity index (χ1) is 23.3. The van der Waals surface area contributed by atoms with E-state index in [-0.39, 0.29) is 0 Å². The van der Waals surface area contributed by atoms with E-state index in [0.717, 1.165) is 12.3 Å². The second-order valence-electron chi connectivity index (χ2n) is 13.5. The van der Waals surface area contributed by atoms with Gasteiger partial charge in [-0.15, -0.1) is 18.5 Å². The maximum atomic E-state index is 2.84. The van der Waals surface area contributed by atoms with E-state index in [2.05, 4.69) is 165 Å². The van der Waals surface area contributed by atoms with Gasteiger partial charge in [0.05, 0.1) is 0 Å². The van der Waals surface area contributed by atoms with E-state index in [9.17, 15) is 0 Å². The Labute approximate surface area is 285 Å². The van der Waals surface area contributed by atoms with Crippen molar-refractivity contribution in [1.82, 2.24) is 9.13 Å². The maximum Gasteiger partial charge on any atom is 0.0494 e. The number of hydrogen-bond acceptors (Lipinski definition) is 0. The van der Waals surface area contributed by atoms with Crippen LogP contribution in [0.2, 0.25) is 0 Å². The Morgan fingerprint density at radius 2 is 0.688 bits per heavy atom. The van der Waals surface area contributed by atoms with Crippen molar-refractivity contribution in [1.29, 1.82) is 0 Å². The zero-order chi connectivity index (χ0) is 32.8. The lowest BCUT2D eigenvalue weighted by molar-refractivity contribution is 1.01. The van der Waals surface area contributed by atoms with Crippen LogP contribution in [0.1, 0.15) is 22.3 Å². The summed E-state index contributed by atoms with van der Waals surface area (Å²) in [5.74, 6) is 0. The molecule has 2 nitrogen and oxygen atoms in total. The van der Waals surface area contributed by atoms with Crippen molar-refractivity contribution >= 4 is 83.6 Å². The zero-order valence-corrected chi connectivity index (χ0v) is 30.2. The molecule has 0 fully saturated rings. The Kier molecular flexibility index (Phi) is 6.81. The third-order valence-electron chi connectivity index (χ3n) is 10.9. The third kappa shape index (κ3) is 4.33. The molecule has 9 rings (SSSR count). The van der Waals surface area contributed by atoms with Gasteiger partial charge in [-0.25, -0.2) is 0 Å². The van der Waals surface area contributed by atoms with Crippen LogP contribution in [-0.2, 0) is 26.4 Å². The Hall–Kier alpha value is -4.48. The highest BCUT2D eigenvalue weighted by Gasteiger charge is 2.15. The number of rotatable bonds is 4. The largest absolute Gasteiger partial charge is 0.344 e. The molecule has 0 radical (unpaired) electrons. The molecular weight excluding hydrogens is 618 g/mol. The molecule has 0 aliphatic carbocycles. The average molecular weight is 657 g/mol. The number of nitrogens with zero attached hydrogens (tertiary/aromatic N) is 2. The molecule has 4 heteroatoms. The summed E-state index contributed by atoms with van der Waals surface area (Å²) < 4.78 is 4.69. The van der Waals surface area contributed by atoms with E-state index in [1.165, 1.54) is 110 Å². The first kappa shape index (κ1) is 29.6. The number of aromatic nitrogens is 2. The molecule has 2 heterocycles. The molecule has 2 unspecified atom stereocenters. The lowest BCUT2D eigenvalue weighted by Crippen LogP contribution is -1.91. The van der Waals surface area contributed by atoms with Gasteiger partial charge in [-0.05, 0) is 129 Å². The van der Waals surface area contributed by atoms with E-state index in [4.69, 9.17) is 0 Å². The molecule has 48 heavy (non-hydrogen) atoms. The summed E-state index contributed by atoms with van der Waals surface area (Å²) in [6, 6.07) is 41.7. The van der Waals surface area contributed by atoms with Crippen molar-refractivity contribution in [3.8, 4) is 22.3 Å². The Morgan fingerprint density at radius 1 is 0.375 bits per heavy atom. The van der Waals surface area contributed by atoms with Crippen LogP contribution in [0.25, 0.3) is 87.4 Å². The van der Waals surface area contributed by atoms with E-state index in [0.29, 0.717) is 0 Å². The SMILES string of the molecule is Cc1c2ccc(-c3ccc4c5ccc(CP)cc5n(C)c4c3)cc2c(C)c2ccc(-c3ccc4c5ccc(CP)cc5n(C)c4c3)cc12. The highest BCUT2D eigenvalue weighted by molar-refractivity contribution is 7.15. The monoisotopic (exact) mass is 656 g/mol. The normalized spacial score (nSPS) is 12.1. The molecule has 0 spiro atoms. The van der Waals surface area contributed by atoms with Gasteiger partial charge in [0.25, 0.3) is 0 Å². The minimum atomic E-state index is 0.967. The molecule has 234 valence electrons. The molecule has 2 aromatic heterocycles. The van der Waals surface area contributed by atoms with Crippen LogP contribution >= 0.6 is 18.5 Å². The third-order valence-corrected chi connectivity index (χ3v) is 11.9. The van der Waals surface area contributed by atoms with Crippen molar-refractivity contribution in [3.05, 3.63) is 131 Å². The minimum absolute atomic E-state index is 0.967. The van der Waals surface area contributed by atoms with E-state index < -0.39 is 0 Å². The van der Waals surface area contributed by atoms with Gasteiger partial charge >= 0.3 is 0 Å². The number of fused-ring (bicyclic) bond motifs is 8. The lowest BCUT2D eigenvalue weighted by atomic mass is 9.89. The van der Waals surface area contributed by atoms with Gasteiger partial charge in [-0.2, -0.15) is 0 Å². The molecule has 7 aromatic carbocycles. The fourth-order valence-corrected chi connectivity index (χ4v) is 8.63. The lowest BCUT2D eigenvalue weighted by Gasteiger charge is -2.15. The van der Waals surface area contributed by atoms with Crippen LogP contribution in [-0.4, -0.2) is 9.13 Å². The molecule has 0 saturated heterocycles. The Bertz CT molecular complexity index is 2600. The van der Waals surface area contributed by atoms with Crippen LogP contribution in [0, 0.1) is 13.8 Å². The summed E-state index contributed by atoms with van der Waals surface area (Å²) >= 11 is 0. The molecule has 0 N–H and O–H groups in total. The van der Waals surface area contributed by atoms with Crippen molar-refractivity contribution in [2.75, 3.05) is 0 Å². The Balaban J connectivity index is 1.15. The molecule has 0 bridgehead atoms. The smallest absolute Gasteiger partial charge is 0.0494 e. The predicted octanol–water partition coefficient (Wildman–Crippen LogP) is 12.0. The van der Waals surface area contributed by atoms with Crippen LogP contribution in [0.15, 0.2) is 109 Å². The van der Waals surface area contributed by atoms with Gasteiger partial charge in [0.1, 0.15) is 0 Å². The average Bonchev–Trinajstić information content (AvgIpc) is 3.58. The molecule has 9 aromatic rings. The van der Waals surface area contributed by atoms with Gasteiger partial charge in [0.15, 0.2) is 0 Å². The molecule has 0 aliphatic rings. The van der Waals surface area contributed by atoms with Crippen LogP contribution in [0.4, 0.5) is 0 Å². The molecule has 0 amide bonds. The van der Waals surface area contributed by atoms with Gasteiger partial charge in [0, 0.05) is 57.7 Å². The standard InChI is InChI=1S/C44H38N2P2/c1-25-33-13-7-30(32-10-16-38-36-12-6-28(24-48)18-42(36)46(4)44(38)22-32)20-40(33)26(2)34-14-8-29(19-39(25)34)31-9-15-37-35-11-5-27(23-47)17-41(35)45(3)43(37)21-31/h5-22H,23-24,47-48H2,1-4H3. The van der Waals surface area contributed by atoms with Crippen LogP contribution in [0.3, 0.4) is 0 Å². The number of aryl methyl sites for hydroxylation is 4. The van der Waals surface area contributed by atoms with Crippen molar-refractivity contribution in [3.63, 3.8) is 0 Å². The summed E-state index contributed by atoms with van der Waals surface area (Å²) in [7, 11) is 10.1. The summed E-state index contributed by atoms with van der Waals surface area (Å²) in [6.45, 7) is 4.57. The first-order valence-electron chi connectivity index (χ1n) is 16.7. The number of hydrogen-bond donors (Lipinski definition) is 0. The Morgan fingerprint density at radius 3 is 1.06 bits per heavy atom. The van der Waals surface area contributed by atoms with Crippen molar-refractivity contribution in [2.45, 2.75) is 26.2 Å². The highest BCUT2D eigenvalue weighted by Crippen LogP contribution is 2.39. The van der Waals surface area contributed by atoms with Gasteiger partial charge in [-0.3, -0.25) is 0 Å². The fourth-order valence-electron chi connectivity index (χ4n) is 8.12. The topological polar surface area (TPSA) is 9.86 Å². The molecule has 0 aliphatic heterocycles. The van der Waals surface area contributed by atoms with Crippen molar-refractivity contribution in [2.24, 2.45) is 14.1 Å². The molecule has 2 atom stereocenters. The summed E-state index contributed by atoms with van der Waals surface area (Å²) in [5.41, 5.74) is 15.5. The van der Waals surface area contributed by atoms with E-state index >= 15 is 0 Å². The van der Waals surface area contributed by atoms with Crippen LogP contribution in [0.5, 0.6) is 0 Å². The molecule has 0 saturated carbocycles. The van der Waals surface area contributed by atoms with E-state index in [1.54, 1.807) is 0 Å². The fraction of sp³-hybridized carbons (Fsp3) is 0.136. The summed E-state index contributed by atoms with van der Waals surface area (Å²) in [5, 5.41) is 10.6. The second-order valence-corrected chi connectivity index (χ2v) is 14.3. The number of benzene rings is 7. The predicted molar refractivity (Wildman–Crippen MR) is 217 cm³/mol. The quantitative estimate of drug-likeness (QED) is 0.132. The zero-order valence-electron chi connectivity index (χ0n) is 27.9. The van der Waals surface area contributed by atoms with Gasteiger partial charge in [0.2, 0.25) is 0 Å². The van der Waals surface area contributed by atoms with Gasteiger partial charge < -0.3 is 9.13 Å². The van der Waals surface area contributed by atoms with Crippen LogP contribution < -0.4 is 0 Å². The summed E-state index contributed by atoms with van der Waals surface area (Å²) in [6.07, 6.45) is 1.93. The van der Waals surface area contributed by atoms with Gasteiger partial charge in [-0.1, -0.05) is 72.8 Å². The minimum Gasteiger partial charge on any atom is -0.344 e. The highest BCUT2D eigenvalue weighted by atomic mass is 31.0. The maximum absolute atomic E-state index is 2.84. The first-order valence-corrected chi connectivity index (χ1v) is 18.4.